The summed E-state index contributed by atoms with van der Waals surface area (Å²) in [6.07, 6.45) is 1.59. The Hall–Kier alpha value is -3.61. The molecule has 2 amide bonds. The number of methoxy groups -OCH3 is 2. The van der Waals surface area contributed by atoms with Crippen LogP contribution in [-0.2, 0) is 6.54 Å². The number of hydrogen-bond acceptors (Lipinski definition) is 5. The first-order valence-corrected chi connectivity index (χ1v) is 8.35. The molecule has 0 saturated heterocycles. The van der Waals surface area contributed by atoms with Gasteiger partial charge in [-0.1, -0.05) is 30.3 Å². The van der Waals surface area contributed by atoms with Crippen LogP contribution >= 0.6 is 0 Å². The predicted octanol–water partition coefficient (Wildman–Crippen LogP) is 3.54. The molecule has 7 nitrogen and oxygen atoms in total. The highest BCUT2D eigenvalue weighted by Crippen LogP contribution is 2.34. The van der Waals surface area contributed by atoms with Gasteiger partial charge in [0.05, 0.1) is 32.7 Å². The fourth-order valence-corrected chi connectivity index (χ4v) is 2.88. The highest BCUT2D eigenvalue weighted by molar-refractivity contribution is 6.01. The predicted molar refractivity (Wildman–Crippen MR) is 100 cm³/mol. The van der Waals surface area contributed by atoms with Crippen LogP contribution < -0.4 is 19.7 Å². The molecule has 135 valence electrons. The minimum absolute atomic E-state index is 0.328. The molecule has 0 atom stereocenters. The Labute approximate surface area is 156 Å². The van der Waals surface area contributed by atoms with Gasteiger partial charge in [-0.15, -0.1) is 0 Å². The largest absolute Gasteiger partial charge is 0.497 e. The molecule has 1 aliphatic heterocycles. The van der Waals surface area contributed by atoms with Crippen LogP contribution in [0.2, 0.25) is 0 Å². The molecule has 2 heterocycles. The van der Waals surface area contributed by atoms with Gasteiger partial charge in [-0.3, -0.25) is 4.90 Å². The Morgan fingerprint density at radius 2 is 1.70 bits per heavy atom. The van der Waals surface area contributed by atoms with E-state index in [0.717, 1.165) is 11.1 Å². The first kappa shape index (κ1) is 16.8. The molecule has 1 radical (unpaired) electrons. The average Bonchev–Trinajstić information content (AvgIpc) is 3.02. The van der Waals surface area contributed by atoms with Crippen molar-refractivity contribution in [3.05, 3.63) is 60.3 Å². The third-order valence-electron chi connectivity index (χ3n) is 4.25. The van der Waals surface area contributed by atoms with Crippen molar-refractivity contribution < 1.29 is 14.3 Å². The van der Waals surface area contributed by atoms with E-state index in [2.05, 4.69) is 15.3 Å². The van der Waals surface area contributed by atoms with Gasteiger partial charge in [0.15, 0.2) is 5.82 Å². The SMILES string of the molecule is COc1cc(OC)cc(-c2cnc3c(n2)N(Cc2ccccc2)C(=O)[N]3)c1. The van der Waals surface area contributed by atoms with E-state index in [9.17, 15) is 4.79 Å². The first-order chi connectivity index (χ1) is 13.2. The molecular formula is C20H17N4O3. The second kappa shape index (κ2) is 6.95. The fourth-order valence-electron chi connectivity index (χ4n) is 2.88. The average molecular weight is 361 g/mol. The van der Waals surface area contributed by atoms with Crippen LogP contribution in [0, 0.1) is 0 Å². The summed E-state index contributed by atoms with van der Waals surface area (Å²) in [5, 5.41) is 4.00. The number of carbonyl (C=O) groups is 1. The number of fused-ring (bicyclic) bond motifs is 1. The van der Waals surface area contributed by atoms with Gasteiger partial charge < -0.3 is 9.47 Å². The molecule has 2 aromatic carbocycles. The van der Waals surface area contributed by atoms with E-state index < -0.39 is 0 Å². The standard InChI is InChI=1S/C20H17N4O3/c1-26-15-8-14(9-16(10-15)27-2)17-11-21-18-19(22-17)24(20(25)23-18)12-13-6-4-3-5-7-13/h3-11H,12H2,1-2H3. The van der Waals surface area contributed by atoms with Gasteiger partial charge in [-0.05, 0) is 17.7 Å². The highest BCUT2D eigenvalue weighted by Gasteiger charge is 2.32. The van der Waals surface area contributed by atoms with Crippen LogP contribution in [0.25, 0.3) is 11.3 Å². The Bertz CT molecular complexity index is 970. The zero-order valence-corrected chi connectivity index (χ0v) is 14.9. The Morgan fingerprint density at radius 3 is 2.37 bits per heavy atom. The number of aromatic nitrogens is 2. The maximum absolute atomic E-state index is 12.3. The molecule has 4 rings (SSSR count). The van der Waals surface area contributed by atoms with Gasteiger partial charge in [-0.25, -0.2) is 14.8 Å². The number of amides is 2. The smallest absolute Gasteiger partial charge is 0.351 e. The van der Waals surface area contributed by atoms with Crippen LogP contribution in [0.5, 0.6) is 11.5 Å². The van der Waals surface area contributed by atoms with Crippen LogP contribution in [0.4, 0.5) is 16.4 Å². The summed E-state index contributed by atoms with van der Waals surface area (Å²) in [7, 11) is 3.18. The lowest BCUT2D eigenvalue weighted by molar-refractivity contribution is 0.250. The van der Waals surface area contributed by atoms with Crippen LogP contribution in [0.1, 0.15) is 5.56 Å². The maximum Gasteiger partial charge on any atom is 0.351 e. The van der Waals surface area contributed by atoms with E-state index >= 15 is 0 Å². The van der Waals surface area contributed by atoms with E-state index in [-0.39, 0.29) is 6.03 Å². The molecule has 7 heteroatoms. The summed E-state index contributed by atoms with van der Waals surface area (Å²) in [6, 6.07) is 14.8. The Morgan fingerprint density at radius 1 is 1.00 bits per heavy atom. The number of carbonyl (C=O) groups excluding carboxylic acids is 1. The maximum atomic E-state index is 12.3. The number of hydrogen-bond donors (Lipinski definition) is 0. The Balaban J connectivity index is 1.72. The van der Waals surface area contributed by atoms with Crippen molar-refractivity contribution in [3.8, 4) is 22.8 Å². The summed E-state index contributed by atoms with van der Waals surface area (Å²) in [6.45, 7) is 0.385. The molecule has 0 unspecified atom stereocenters. The van der Waals surface area contributed by atoms with Crippen molar-refractivity contribution >= 4 is 17.7 Å². The molecule has 1 aromatic heterocycles. The van der Waals surface area contributed by atoms with Gasteiger partial charge in [-0.2, -0.15) is 5.32 Å². The lowest BCUT2D eigenvalue weighted by atomic mass is 10.1. The molecule has 0 aliphatic carbocycles. The topological polar surface area (TPSA) is 78.7 Å². The normalized spacial score (nSPS) is 12.5. The first-order valence-electron chi connectivity index (χ1n) is 8.35. The number of benzene rings is 2. The van der Waals surface area contributed by atoms with Crippen molar-refractivity contribution in [2.45, 2.75) is 6.54 Å². The zero-order chi connectivity index (χ0) is 18.8. The van der Waals surface area contributed by atoms with Crippen molar-refractivity contribution in [3.63, 3.8) is 0 Å². The van der Waals surface area contributed by atoms with Crippen molar-refractivity contribution in [1.82, 2.24) is 15.3 Å². The second-order valence-electron chi connectivity index (χ2n) is 5.97. The zero-order valence-electron chi connectivity index (χ0n) is 14.9. The van der Waals surface area contributed by atoms with E-state index in [4.69, 9.17) is 9.47 Å². The van der Waals surface area contributed by atoms with E-state index in [0.29, 0.717) is 35.4 Å². The summed E-state index contributed by atoms with van der Waals surface area (Å²) in [4.78, 5) is 22.8. The number of ether oxygens (including phenoxy) is 2. The minimum atomic E-state index is -0.366. The lowest BCUT2D eigenvalue weighted by Crippen LogP contribution is -2.28. The molecule has 1 aliphatic rings. The van der Waals surface area contributed by atoms with Crippen molar-refractivity contribution in [1.29, 1.82) is 0 Å². The number of rotatable bonds is 5. The molecule has 0 N–H and O–H groups in total. The highest BCUT2D eigenvalue weighted by atomic mass is 16.5. The number of urea groups is 1. The van der Waals surface area contributed by atoms with Crippen LogP contribution in [0.3, 0.4) is 0 Å². The molecule has 0 fully saturated rings. The second-order valence-corrected chi connectivity index (χ2v) is 5.97. The quantitative estimate of drug-likeness (QED) is 0.694. The Kier molecular flexibility index (Phi) is 4.33. The van der Waals surface area contributed by atoms with Crippen molar-refractivity contribution in [2.24, 2.45) is 0 Å². The molecule has 0 bridgehead atoms. The van der Waals surface area contributed by atoms with Gasteiger partial charge in [0.25, 0.3) is 0 Å². The van der Waals surface area contributed by atoms with Gasteiger partial charge in [0, 0.05) is 11.6 Å². The summed E-state index contributed by atoms with van der Waals surface area (Å²) >= 11 is 0. The molecular weight excluding hydrogens is 344 g/mol. The van der Waals surface area contributed by atoms with E-state index in [1.54, 1.807) is 26.5 Å². The van der Waals surface area contributed by atoms with Gasteiger partial charge in [0.2, 0.25) is 5.82 Å². The fraction of sp³-hybridized carbons (Fsp3) is 0.150. The number of anilines is 1. The monoisotopic (exact) mass is 361 g/mol. The van der Waals surface area contributed by atoms with Crippen molar-refractivity contribution in [2.75, 3.05) is 19.1 Å². The third-order valence-corrected chi connectivity index (χ3v) is 4.25. The van der Waals surface area contributed by atoms with Crippen LogP contribution in [0.15, 0.2) is 54.7 Å². The minimum Gasteiger partial charge on any atom is -0.497 e. The molecule has 0 saturated carbocycles. The van der Waals surface area contributed by atoms with Gasteiger partial charge >= 0.3 is 6.03 Å². The van der Waals surface area contributed by atoms with E-state index in [1.807, 2.05) is 42.5 Å². The third kappa shape index (κ3) is 3.27. The van der Waals surface area contributed by atoms with Crippen LogP contribution in [-0.4, -0.2) is 30.2 Å². The summed E-state index contributed by atoms with van der Waals surface area (Å²) in [5.74, 6) is 2.07. The van der Waals surface area contributed by atoms with E-state index in [1.165, 1.54) is 4.90 Å². The number of nitrogens with zero attached hydrogens (tertiary/aromatic N) is 4. The molecule has 0 spiro atoms. The summed E-state index contributed by atoms with van der Waals surface area (Å²) < 4.78 is 10.6. The van der Waals surface area contributed by atoms with Gasteiger partial charge in [0.1, 0.15) is 11.5 Å². The lowest BCUT2D eigenvalue weighted by Gasteiger charge is -2.15. The molecule has 27 heavy (non-hydrogen) atoms. The summed E-state index contributed by atoms with van der Waals surface area (Å²) in [5.41, 5.74) is 2.37. The molecule has 3 aromatic rings.